The molecule has 1 saturated heterocycles. The molecule has 2 aromatic carbocycles. The topological polar surface area (TPSA) is 78.4 Å². The molecular formula is C24H34N4O3. The molecule has 0 unspecified atom stereocenters. The highest BCUT2D eigenvalue weighted by Gasteiger charge is 2.21. The lowest BCUT2D eigenvalue weighted by Crippen LogP contribution is -2.48. The summed E-state index contributed by atoms with van der Waals surface area (Å²) in [5.74, 6) is 2.43. The number of hydrogen-bond donors (Lipinski definition) is 3. The van der Waals surface area contributed by atoms with E-state index >= 15 is 0 Å². The van der Waals surface area contributed by atoms with Crippen LogP contribution in [-0.4, -0.2) is 51.0 Å². The van der Waals surface area contributed by atoms with Gasteiger partial charge in [0, 0.05) is 49.6 Å². The maximum absolute atomic E-state index is 9.53. The molecule has 0 bridgehead atoms. The van der Waals surface area contributed by atoms with Gasteiger partial charge in [0.05, 0.1) is 27.4 Å². The van der Waals surface area contributed by atoms with Gasteiger partial charge in [0.2, 0.25) is 0 Å². The number of piperidine rings is 1. The Morgan fingerprint density at radius 1 is 1.06 bits per heavy atom. The molecule has 7 nitrogen and oxygen atoms in total. The molecule has 3 N–H and O–H groups in total. The predicted octanol–water partition coefficient (Wildman–Crippen LogP) is 2.92. The van der Waals surface area contributed by atoms with Gasteiger partial charge in [0.1, 0.15) is 11.5 Å². The van der Waals surface area contributed by atoms with Gasteiger partial charge in [-0.1, -0.05) is 24.3 Å². The summed E-state index contributed by atoms with van der Waals surface area (Å²) in [5.41, 5.74) is 3.09. The monoisotopic (exact) mass is 426 g/mol. The third-order valence-corrected chi connectivity index (χ3v) is 5.58. The van der Waals surface area contributed by atoms with Crippen molar-refractivity contribution in [1.82, 2.24) is 10.6 Å². The van der Waals surface area contributed by atoms with Crippen LogP contribution in [0.1, 0.15) is 30.9 Å². The zero-order valence-corrected chi connectivity index (χ0v) is 18.7. The number of methoxy groups -OCH3 is 2. The summed E-state index contributed by atoms with van der Waals surface area (Å²) >= 11 is 0. The molecule has 1 aliphatic heterocycles. The molecule has 2 aromatic rings. The summed E-state index contributed by atoms with van der Waals surface area (Å²) in [6.07, 6.45) is 2.02. The van der Waals surface area contributed by atoms with E-state index in [-0.39, 0.29) is 6.61 Å². The first-order chi connectivity index (χ1) is 15.2. The number of benzene rings is 2. The van der Waals surface area contributed by atoms with Gasteiger partial charge in [-0.15, -0.1) is 0 Å². The fraction of sp³-hybridized carbons (Fsp3) is 0.458. The van der Waals surface area contributed by atoms with Crippen LogP contribution in [0.3, 0.4) is 0 Å². The number of aliphatic hydroxyl groups is 1. The largest absolute Gasteiger partial charge is 0.497 e. The highest BCUT2D eigenvalue weighted by molar-refractivity contribution is 5.80. The van der Waals surface area contributed by atoms with Crippen molar-refractivity contribution in [3.05, 3.63) is 53.6 Å². The minimum atomic E-state index is 0.0309. The number of rotatable bonds is 8. The van der Waals surface area contributed by atoms with Crippen LogP contribution in [-0.2, 0) is 13.2 Å². The quantitative estimate of drug-likeness (QED) is 0.445. The number of ether oxygens (including phenoxy) is 2. The summed E-state index contributed by atoms with van der Waals surface area (Å²) < 4.78 is 10.8. The van der Waals surface area contributed by atoms with Crippen molar-refractivity contribution < 1.29 is 14.6 Å². The molecule has 0 aliphatic carbocycles. The number of guanidine groups is 1. The molecule has 0 spiro atoms. The molecule has 1 heterocycles. The SMILES string of the molecule is CCNC(=NCc1ccccc1CO)NC1CCN(c2cc(OC)cc(OC)c2)CC1. The summed E-state index contributed by atoms with van der Waals surface area (Å²) in [5, 5.41) is 16.5. The van der Waals surface area contributed by atoms with Gasteiger partial charge in [0.25, 0.3) is 0 Å². The average molecular weight is 427 g/mol. The lowest BCUT2D eigenvalue weighted by atomic mass is 10.0. The lowest BCUT2D eigenvalue weighted by molar-refractivity contribution is 0.280. The maximum atomic E-state index is 9.53. The molecule has 3 rings (SSSR count). The van der Waals surface area contributed by atoms with Crippen molar-refractivity contribution in [2.45, 2.75) is 39.0 Å². The zero-order valence-electron chi connectivity index (χ0n) is 18.7. The van der Waals surface area contributed by atoms with Crippen LogP contribution in [0.2, 0.25) is 0 Å². The smallest absolute Gasteiger partial charge is 0.191 e. The van der Waals surface area contributed by atoms with E-state index in [1.807, 2.05) is 30.3 Å². The van der Waals surface area contributed by atoms with Crippen molar-refractivity contribution in [1.29, 1.82) is 0 Å². The van der Waals surface area contributed by atoms with E-state index in [1.54, 1.807) is 14.2 Å². The van der Waals surface area contributed by atoms with Crippen molar-refractivity contribution in [3.8, 4) is 11.5 Å². The normalized spacial score (nSPS) is 15.0. The second-order valence-electron chi connectivity index (χ2n) is 7.60. The van der Waals surface area contributed by atoms with Gasteiger partial charge >= 0.3 is 0 Å². The molecule has 31 heavy (non-hydrogen) atoms. The predicted molar refractivity (Wildman–Crippen MR) is 125 cm³/mol. The Labute approximate surface area is 185 Å². The molecule has 1 fully saturated rings. The minimum Gasteiger partial charge on any atom is -0.497 e. The molecular weight excluding hydrogens is 392 g/mol. The number of aliphatic imine (C=N–C) groups is 1. The molecule has 0 aromatic heterocycles. The van der Waals surface area contributed by atoms with Gasteiger partial charge < -0.3 is 30.1 Å². The summed E-state index contributed by atoms with van der Waals surface area (Å²) in [4.78, 5) is 7.11. The standard InChI is InChI=1S/C24H34N4O3/c1-4-25-24(26-16-18-7-5-6-8-19(18)17-29)27-20-9-11-28(12-10-20)21-13-22(30-2)15-23(14-21)31-3/h5-8,13-15,20,29H,4,9-12,16-17H2,1-3H3,(H2,25,26,27). The van der Waals surface area contributed by atoms with E-state index < -0.39 is 0 Å². The van der Waals surface area contributed by atoms with E-state index in [2.05, 4.69) is 34.6 Å². The molecule has 0 atom stereocenters. The summed E-state index contributed by atoms with van der Waals surface area (Å²) in [6.45, 7) is 5.33. The van der Waals surface area contributed by atoms with Gasteiger partial charge in [-0.05, 0) is 30.9 Å². The first kappa shape index (κ1) is 22.7. The molecule has 7 heteroatoms. The van der Waals surface area contributed by atoms with Crippen LogP contribution in [0.5, 0.6) is 11.5 Å². The molecule has 0 radical (unpaired) electrons. The van der Waals surface area contributed by atoms with Crippen LogP contribution >= 0.6 is 0 Å². The Kier molecular flexibility index (Phi) is 8.41. The van der Waals surface area contributed by atoms with Crippen molar-refractivity contribution >= 4 is 11.6 Å². The highest BCUT2D eigenvalue weighted by Crippen LogP contribution is 2.30. The number of nitrogens with zero attached hydrogens (tertiary/aromatic N) is 2. The first-order valence-electron chi connectivity index (χ1n) is 10.9. The van der Waals surface area contributed by atoms with Gasteiger partial charge in [0.15, 0.2) is 5.96 Å². The second-order valence-corrected chi connectivity index (χ2v) is 7.60. The maximum Gasteiger partial charge on any atom is 0.191 e. The summed E-state index contributed by atoms with van der Waals surface area (Å²) in [7, 11) is 3.35. The molecule has 168 valence electrons. The third-order valence-electron chi connectivity index (χ3n) is 5.58. The Morgan fingerprint density at radius 3 is 2.29 bits per heavy atom. The zero-order chi connectivity index (χ0) is 22.1. The minimum absolute atomic E-state index is 0.0309. The second kappa shape index (κ2) is 11.5. The molecule has 0 amide bonds. The number of anilines is 1. The van der Waals surface area contributed by atoms with Crippen LogP contribution < -0.4 is 25.0 Å². The molecule has 0 saturated carbocycles. The fourth-order valence-corrected chi connectivity index (χ4v) is 3.80. The van der Waals surface area contributed by atoms with Gasteiger partial charge in [-0.25, -0.2) is 4.99 Å². The number of aliphatic hydroxyl groups excluding tert-OH is 1. The van der Waals surface area contributed by atoms with Crippen molar-refractivity contribution in [3.63, 3.8) is 0 Å². The average Bonchev–Trinajstić information content (AvgIpc) is 2.82. The first-order valence-corrected chi connectivity index (χ1v) is 10.9. The fourth-order valence-electron chi connectivity index (χ4n) is 3.80. The number of nitrogens with one attached hydrogen (secondary N) is 2. The third kappa shape index (κ3) is 6.28. The summed E-state index contributed by atoms with van der Waals surface area (Å²) in [6, 6.07) is 14.2. The van der Waals surface area contributed by atoms with E-state index in [4.69, 9.17) is 14.5 Å². The Balaban J connectivity index is 1.60. The molecule has 1 aliphatic rings. The lowest BCUT2D eigenvalue weighted by Gasteiger charge is -2.34. The number of hydrogen-bond acceptors (Lipinski definition) is 5. The van der Waals surface area contributed by atoms with E-state index in [0.717, 1.165) is 66.7 Å². The van der Waals surface area contributed by atoms with Crippen LogP contribution in [0.25, 0.3) is 0 Å². The van der Waals surface area contributed by atoms with Crippen molar-refractivity contribution in [2.24, 2.45) is 4.99 Å². The van der Waals surface area contributed by atoms with Crippen LogP contribution in [0, 0.1) is 0 Å². The Bertz CT molecular complexity index is 841. The van der Waals surface area contributed by atoms with Gasteiger partial charge in [-0.2, -0.15) is 0 Å². The van der Waals surface area contributed by atoms with E-state index in [9.17, 15) is 5.11 Å². The Morgan fingerprint density at radius 2 is 1.71 bits per heavy atom. The van der Waals surface area contributed by atoms with Crippen LogP contribution in [0.15, 0.2) is 47.5 Å². The van der Waals surface area contributed by atoms with E-state index in [1.165, 1.54) is 0 Å². The highest BCUT2D eigenvalue weighted by atomic mass is 16.5. The van der Waals surface area contributed by atoms with Gasteiger partial charge in [-0.3, -0.25) is 0 Å². The Hall–Kier alpha value is -2.93. The van der Waals surface area contributed by atoms with Crippen LogP contribution in [0.4, 0.5) is 5.69 Å². The van der Waals surface area contributed by atoms with E-state index in [0.29, 0.717) is 12.6 Å². The van der Waals surface area contributed by atoms with Crippen molar-refractivity contribution in [2.75, 3.05) is 38.8 Å².